The second kappa shape index (κ2) is 32.0. The number of carbonyl (C=O) groups excluding carboxylic acids is 2. The van der Waals surface area contributed by atoms with Crippen molar-refractivity contribution in [2.24, 2.45) is 4.99 Å². The molecule has 17 nitrogen and oxygen atoms in total. The predicted molar refractivity (Wildman–Crippen MR) is 329 cm³/mol. The van der Waals surface area contributed by atoms with Gasteiger partial charge in [-0.05, 0) is 91.7 Å². The van der Waals surface area contributed by atoms with Crippen molar-refractivity contribution in [3.8, 4) is 55.3 Å². The third-order valence-corrected chi connectivity index (χ3v) is 16.7. The maximum atomic E-state index is 11.4. The Labute approximate surface area is 505 Å². The molecule has 1 atom stereocenters. The zero-order valence-corrected chi connectivity index (χ0v) is 52.2. The van der Waals surface area contributed by atoms with Crippen LogP contribution in [0.15, 0.2) is 209 Å². The number of aryl methyl sites for hydroxylation is 4. The molecule has 0 saturated carbocycles. The number of ether oxygens (including phenoxy) is 2. The second-order valence-electron chi connectivity index (χ2n) is 19.8. The Balaban J connectivity index is 0.000000165. The lowest BCUT2D eigenvalue weighted by Gasteiger charge is -2.05. The molecule has 1 unspecified atom stereocenters. The van der Waals surface area contributed by atoms with Crippen LogP contribution in [0.3, 0.4) is 0 Å². The van der Waals surface area contributed by atoms with Crippen molar-refractivity contribution in [3.05, 3.63) is 205 Å². The summed E-state index contributed by atoms with van der Waals surface area (Å²) >= 11 is 3.37. The Bertz CT molecular complexity index is 3710. The number of esters is 2. The standard InChI is InChI=1S/C19H22N2O3P.C18H19N2O3PS.C14H17N2O2.C13H14NO2S/c1-3-20-10-6-16(7-11-20)18-4-5-19(24-18)17-8-12-21(13-9-17)14-15-25(2,22)23;1-2-19-7-3-15(4-8-19)17-13-25-14-18(17)16-5-9-20(10-6-16)11-12-24(21,22)23;1-3-18-14(17)10-16-6-4-12(5-7-16)13-8-11(2)9-15-13;1-2-16-13(15)10-14-7-5-11(6-8-14)12-4-3-9-17-12/h4-13H,3,14-15H2,1-2H3;3-10,13-14H,2,11-12H2,1H3;4-8H,3,9-10H2,1-2H3;3-9H,2,10H2,1H3/q+1;;2*+1/p+3. The van der Waals surface area contributed by atoms with Gasteiger partial charge in [0.1, 0.15) is 30.8 Å². The van der Waals surface area contributed by atoms with Crippen LogP contribution in [0, 0.1) is 0 Å². The van der Waals surface area contributed by atoms with E-state index in [1.54, 1.807) is 38.7 Å². The summed E-state index contributed by atoms with van der Waals surface area (Å²) in [5.41, 5.74) is 11.2. The van der Waals surface area contributed by atoms with E-state index in [1.165, 1.54) is 39.4 Å². The van der Waals surface area contributed by atoms with E-state index in [9.17, 15) is 23.6 Å². The second-order valence-corrected chi connectivity index (χ2v) is 25.8. The number of pyridine rings is 6. The van der Waals surface area contributed by atoms with Crippen LogP contribution in [-0.2, 0) is 67.5 Å². The Kier molecular flexibility index (Phi) is 24.4. The predicted octanol–water partition coefficient (Wildman–Crippen LogP) is 9.52. The number of carbonyl (C=O) groups is 2. The van der Waals surface area contributed by atoms with Crippen molar-refractivity contribution in [1.82, 2.24) is 0 Å². The van der Waals surface area contributed by atoms with E-state index in [2.05, 4.69) is 87.7 Å². The molecule has 21 heteroatoms. The SMILES string of the molecule is CCOC(=O)C[n+]1ccc(-c2cccs2)cc1.CCOC(=O)C[n+]1ccc(C2=NCC(C)=C2)cc1.CC[n+]1ccc(-c2ccc(-c3cc[n+](CCP(C)(=O)O)cc3)o2)cc1.CC[n+]1ccc(-c2cscc2-c2cc[n+](CCP(=O)(O)O)cc2)cc1. The maximum absolute atomic E-state index is 11.4. The smallest absolute Gasteiger partial charge is 0.372 e. The summed E-state index contributed by atoms with van der Waals surface area (Å²) in [4.78, 5) is 55.6. The monoisotopic (exact) mass is 1230 g/mol. The van der Waals surface area contributed by atoms with Gasteiger partial charge in [0.15, 0.2) is 87.5 Å². The number of aliphatic imine (C=N–C) groups is 1. The summed E-state index contributed by atoms with van der Waals surface area (Å²) in [5, 5.41) is 6.33. The number of thiophene rings is 2. The Morgan fingerprint density at radius 1 is 0.553 bits per heavy atom. The van der Waals surface area contributed by atoms with Gasteiger partial charge in [-0.25, -0.2) is 27.9 Å². The lowest BCUT2D eigenvalue weighted by Crippen LogP contribution is -2.38. The Morgan fingerprint density at radius 2 is 0.965 bits per heavy atom. The van der Waals surface area contributed by atoms with Crippen molar-refractivity contribution >= 4 is 55.3 Å². The van der Waals surface area contributed by atoms with Crippen LogP contribution in [0.4, 0.5) is 0 Å². The van der Waals surface area contributed by atoms with Gasteiger partial charge in [-0.2, -0.15) is 20.5 Å². The number of furan rings is 1. The number of hydrogen-bond donors (Lipinski definition) is 3. The van der Waals surface area contributed by atoms with E-state index >= 15 is 0 Å². The average molecular weight is 1230 g/mol. The van der Waals surface area contributed by atoms with E-state index in [0.29, 0.717) is 26.3 Å². The summed E-state index contributed by atoms with van der Waals surface area (Å²) in [6.07, 6.45) is 25.5. The van der Waals surface area contributed by atoms with Gasteiger partial charge < -0.3 is 28.6 Å². The Morgan fingerprint density at radius 3 is 1.35 bits per heavy atom. The molecule has 0 amide bonds. The summed E-state index contributed by atoms with van der Waals surface area (Å²) in [7, 11) is -6.95. The van der Waals surface area contributed by atoms with Gasteiger partial charge in [0, 0.05) is 118 Å². The molecule has 1 aliphatic rings. The van der Waals surface area contributed by atoms with E-state index in [0.717, 1.165) is 59.1 Å². The van der Waals surface area contributed by atoms with Crippen LogP contribution >= 0.6 is 37.6 Å². The zero-order valence-electron chi connectivity index (χ0n) is 48.8. The van der Waals surface area contributed by atoms with Crippen LogP contribution in [0.1, 0.15) is 40.2 Å². The molecule has 0 aliphatic carbocycles. The highest BCUT2D eigenvalue weighted by molar-refractivity contribution is 7.57. The Hall–Kier alpha value is -7.73. The third kappa shape index (κ3) is 21.1. The molecule has 0 fully saturated rings. The average Bonchev–Trinajstić information content (AvgIpc) is 4.59. The number of nitrogens with zero attached hydrogens (tertiary/aromatic N) is 7. The molecule has 1 aliphatic heterocycles. The highest BCUT2D eigenvalue weighted by Crippen LogP contribution is 2.36. The van der Waals surface area contributed by atoms with Gasteiger partial charge in [-0.1, -0.05) is 6.07 Å². The minimum absolute atomic E-state index is 0.151. The van der Waals surface area contributed by atoms with Crippen molar-refractivity contribution in [1.29, 1.82) is 0 Å². The van der Waals surface area contributed by atoms with Gasteiger partial charge >= 0.3 is 19.5 Å². The molecule has 0 radical (unpaired) electrons. The molecule has 0 bridgehead atoms. The van der Waals surface area contributed by atoms with Crippen LogP contribution in [0.25, 0.3) is 55.3 Å². The lowest BCUT2D eigenvalue weighted by molar-refractivity contribution is -0.693. The first kappa shape index (κ1) is 64.8. The first-order chi connectivity index (χ1) is 40.9. The quantitative estimate of drug-likeness (QED) is 0.0376. The fourth-order valence-corrected chi connectivity index (χ4v) is 11.2. The first-order valence-corrected chi connectivity index (χ1v) is 33.8. The van der Waals surface area contributed by atoms with Crippen LogP contribution in [0.2, 0.25) is 0 Å². The number of aromatic nitrogens is 6. The summed E-state index contributed by atoms with van der Waals surface area (Å²) in [5.74, 6) is 1.21. The molecular formula is C64H75N7O10P2S2+6. The highest BCUT2D eigenvalue weighted by atomic mass is 32.1. The fraction of sp³-hybridized carbons (Fsp3) is 0.266. The van der Waals surface area contributed by atoms with Crippen molar-refractivity contribution in [2.75, 3.05) is 38.7 Å². The maximum Gasteiger partial charge on any atom is 0.372 e. The normalized spacial score (nSPS) is 12.4. The van der Waals surface area contributed by atoms with Gasteiger partial charge in [0.2, 0.25) is 20.5 Å². The molecule has 3 N–H and O–H groups in total. The molecule has 10 rings (SSSR count). The van der Waals surface area contributed by atoms with E-state index in [1.807, 2.05) is 157 Å². The molecule has 0 spiro atoms. The van der Waals surface area contributed by atoms with E-state index < -0.39 is 15.0 Å². The van der Waals surface area contributed by atoms with Gasteiger partial charge in [0.25, 0.3) is 0 Å². The topological polar surface area (TPSA) is 196 Å². The van der Waals surface area contributed by atoms with Crippen LogP contribution in [-0.4, -0.2) is 71.1 Å². The molecular weight excluding hydrogens is 1150 g/mol. The third-order valence-electron chi connectivity index (χ3n) is 13.2. The zero-order chi connectivity index (χ0) is 60.8. The van der Waals surface area contributed by atoms with Crippen molar-refractivity contribution in [3.63, 3.8) is 0 Å². The number of rotatable bonds is 20. The lowest BCUT2D eigenvalue weighted by atomic mass is 10.0. The molecule has 0 saturated heterocycles. The van der Waals surface area contributed by atoms with Crippen LogP contribution < -0.4 is 27.4 Å². The minimum atomic E-state index is -3.97. The molecule has 85 heavy (non-hydrogen) atoms. The van der Waals surface area contributed by atoms with Gasteiger partial charge in [-0.3, -0.25) is 14.1 Å². The summed E-state index contributed by atoms with van der Waals surface area (Å²) < 4.78 is 49.7. The first-order valence-electron chi connectivity index (χ1n) is 27.9. The summed E-state index contributed by atoms with van der Waals surface area (Å²) in [6.45, 7) is 16.1. The van der Waals surface area contributed by atoms with E-state index in [-0.39, 0.29) is 37.4 Å². The molecule has 0 aromatic carbocycles. The van der Waals surface area contributed by atoms with Gasteiger partial charge in [-0.15, -0.1) is 11.3 Å². The number of hydrogen-bond acceptors (Lipinski definition) is 10. The van der Waals surface area contributed by atoms with E-state index in [4.69, 9.17) is 23.7 Å². The molecule has 9 aromatic rings. The van der Waals surface area contributed by atoms with Crippen molar-refractivity contribution in [2.45, 2.75) is 73.9 Å². The fourth-order valence-electron chi connectivity index (χ4n) is 8.50. The molecule has 442 valence electrons. The minimum Gasteiger partial charge on any atom is -0.461 e. The van der Waals surface area contributed by atoms with Crippen molar-refractivity contribution < 1.29 is 74.7 Å². The van der Waals surface area contributed by atoms with Gasteiger partial charge in [0.05, 0.1) is 31.6 Å². The highest BCUT2D eigenvalue weighted by Gasteiger charge is 2.19. The largest absolute Gasteiger partial charge is 0.461 e. The van der Waals surface area contributed by atoms with Crippen LogP contribution in [0.5, 0.6) is 0 Å². The molecule has 10 heterocycles. The molecule has 9 aromatic heterocycles. The summed E-state index contributed by atoms with van der Waals surface area (Å²) in [6, 6.07) is 32.2. The number of allylic oxidation sites excluding steroid dienone is 1.